The molecule has 0 radical (unpaired) electrons. The summed E-state index contributed by atoms with van der Waals surface area (Å²) in [4.78, 5) is 0. The molecule has 0 rings (SSSR count). The van der Waals surface area contributed by atoms with Gasteiger partial charge >= 0.3 is 14.0 Å². The summed E-state index contributed by atoms with van der Waals surface area (Å²) in [6.07, 6.45) is 0.333. The highest BCUT2D eigenvalue weighted by Crippen LogP contribution is 2.14. The first kappa shape index (κ1) is 11.8. The van der Waals surface area contributed by atoms with Crippen LogP contribution in [0.25, 0.3) is 0 Å². The lowest BCUT2D eigenvalue weighted by atomic mass is 10.5. The minimum absolute atomic E-state index is 0.0103. The molecular formula is C6H12F2O2SSi. The summed E-state index contributed by atoms with van der Waals surface area (Å²) in [5.74, 6) is 0. The van der Waals surface area contributed by atoms with Gasteiger partial charge < -0.3 is 9.47 Å². The normalized spacial score (nSPS) is 11.0. The summed E-state index contributed by atoms with van der Waals surface area (Å²) in [5, 5.41) is 0.0103. The summed E-state index contributed by atoms with van der Waals surface area (Å²) < 4.78 is 34.0. The molecule has 0 atom stereocenters. The molecule has 0 spiro atoms. The van der Waals surface area contributed by atoms with Crippen LogP contribution in [0.15, 0.2) is 0 Å². The monoisotopic (exact) mass is 214 g/mol. The van der Waals surface area contributed by atoms with E-state index in [0.717, 1.165) is 6.55 Å². The van der Waals surface area contributed by atoms with E-state index in [1.165, 1.54) is 7.11 Å². The number of hydrogen-bond acceptors (Lipinski definition) is 3. The van der Waals surface area contributed by atoms with Crippen molar-refractivity contribution in [2.24, 2.45) is 0 Å². The second-order valence-electron chi connectivity index (χ2n) is 2.48. The SMILES string of the molecule is COC(=S)OCCC[Si](C)(F)F. The van der Waals surface area contributed by atoms with Crippen LogP contribution in [0, 0.1) is 0 Å². The van der Waals surface area contributed by atoms with Crippen LogP contribution < -0.4 is 0 Å². The fourth-order valence-corrected chi connectivity index (χ4v) is 1.45. The Morgan fingerprint density at radius 3 is 2.50 bits per heavy atom. The first-order valence-corrected chi connectivity index (χ1v) is 6.41. The summed E-state index contributed by atoms with van der Waals surface area (Å²) in [6, 6.07) is -0.0562. The zero-order chi connectivity index (χ0) is 9.61. The maximum absolute atomic E-state index is 12.3. The summed E-state index contributed by atoms with van der Waals surface area (Å²) in [6.45, 7) is 1.23. The second kappa shape index (κ2) is 5.42. The zero-order valence-electron chi connectivity index (χ0n) is 7.10. The highest BCUT2D eigenvalue weighted by atomic mass is 32.1. The van der Waals surface area contributed by atoms with Crippen LogP contribution in [-0.2, 0) is 9.47 Å². The topological polar surface area (TPSA) is 18.5 Å². The number of ether oxygens (including phenoxy) is 2. The zero-order valence-corrected chi connectivity index (χ0v) is 8.92. The lowest BCUT2D eigenvalue weighted by molar-refractivity contribution is 0.209. The van der Waals surface area contributed by atoms with Crippen molar-refractivity contribution in [1.29, 1.82) is 0 Å². The molecule has 0 saturated heterocycles. The van der Waals surface area contributed by atoms with Gasteiger partial charge in [-0.15, -0.1) is 0 Å². The standard InChI is InChI=1S/C6H12F2O2SSi/c1-9-6(11)10-4-3-5-12(2,7)8/h3-5H2,1-2H3. The molecule has 0 bridgehead atoms. The Balaban J connectivity index is 3.28. The van der Waals surface area contributed by atoms with Crippen molar-refractivity contribution in [3.63, 3.8) is 0 Å². The van der Waals surface area contributed by atoms with Crippen molar-refractivity contribution in [2.75, 3.05) is 13.7 Å². The first-order chi connectivity index (χ1) is 5.45. The molecule has 0 amide bonds. The molecule has 0 N–H and O–H groups in total. The third kappa shape index (κ3) is 7.87. The van der Waals surface area contributed by atoms with Crippen molar-refractivity contribution in [2.45, 2.75) is 19.0 Å². The van der Waals surface area contributed by atoms with Crippen molar-refractivity contribution in [3.8, 4) is 0 Å². The molecule has 0 aromatic rings. The maximum atomic E-state index is 12.3. The highest BCUT2D eigenvalue weighted by molar-refractivity contribution is 7.79. The Morgan fingerprint density at radius 2 is 2.08 bits per heavy atom. The largest absolute Gasteiger partial charge is 0.460 e. The van der Waals surface area contributed by atoms with E-state index >= 15 is 0 Å². The van der Waals surface area contributed by atoms with E-state index in [4.69, 9.17) is 4.74 Å². The quantitative estimate of drug-likeness (QED) is 0.310. The van der Waals surface area contributed by atoms with Gasteiger partial charge in [0.25, 0.3) is 0 Å². The van der Waals surface area contributed by atoms with E-state index in [-0.39, 0.29) is 17.9 Å². The van der Waals surface area contributed by atoms with Gasteiger partial charge in [-0.1, -0.05) is 0 Å². The van der Waals surface area contributed by atoms with Crippen molar-refractivity contribution in [1.82, 2.24) is 0 Å². The predicted molar refractivity (Wildman–Crippen MR) is 48.8 cm³/mol. The van der Waals surface area contributed by atoms with Gasteiger partial charge in [-0.25, -0.2) is 0 Å². The molecule has 0 aromatic carbocycles. The van der Waals surface area contributed by atoms with E-state index in [9.17, 15) is 8.22 Å². The molecule has 6 heteroatoms. The summed E-state index contributed by atoms with van der Waals surface area (Å²) in [7, 11) is -2.52. The molecule has 0 aromatic heterocycles. The maximum Gasteiger partial charge on any atom is 0.422 e. The van der Waals surface area contributed by atoms with Gasteiger partial charge in [0, 0.05) is 18.3 Å². The van der Waals surface area contributed by atoms with Gasteiger partial charge in [0.2, 0.25) is 0 Å². The first-order valence-electron chi connectivity index (χ1n) is 3.54. The number of hydrogen-bond donors (Lipinski definition) is 0. The molecule has 0 aliphatic heterocycles. The van der Waals surface area contributed by atoms with Crippen molar-refractivity contribution >= 4 is 26.2 Å². The van der Waals surface area contributed by atoms with Crippen LogP contribution in [-0.4, -0.2) is 27.7 Å². The second-order valence-corrected chi connectivity index (χ2v) is 5.45. The average molecular weight is 214 g/mol. The van der Waals surface area contributed by atoms with Crippen LogP contribution in [0.5, 0.6) is 0 Å². The van der Waals surface area contributed by atoms with E-state index in [2.05, 4.69) is 17.0 Å². The van der Waals surface area contributed by atoms with Gasteiger partial charge in [-0.2, -0.15) is 0 Å². The van der Waals surface area contributed by atoms with Gasteiger partial charge in [0.1, 0.15) is 0 Å². The minimum Gasteiger partial charge on any atom is -0.460 e. The third-order valence-corrected chi connectivity index (χ3v) is 2.66. The molecular weight excluding hydrogens is 202 g/mol. The van der Waals surface area contributed by atoms with Gasteiger partial charge in [-0.05, 0) is 13.0 Å². The molecule has 0 aliphatic rings. The van der Waals surface area contributed by atoms with Crippen molar-refractivity contribution < 1.29 is 17.7 Å². The number of rotatable bonds is 4. The fourth-order valence-electron chi connectivity index (χ4n) is 0.597. The number of methoxy groups -OCH3 is 1. The van der Waals surface area contributed by atoms with Crippen LogP contribution in [0.3, 0.4) is 0 Å². The highest BCUT2D eigenvalue weighted by Gasteiger charge is 2.26. The Kier molecular flexibility index (Phi) is 5.31. The van der Waals surface area contributed by atoms with Crippen LogP contribution in [0.4, 0.5) is 8.22 Å². The molecule has 0 heterocycles. The lowest BCUT2D eigenvalue weighted by Gasteiger charge is -2.07. The average Bonchev–Trinajstić information content (AvgIpc) is 1.96. The lowest BCUT2D eigenvalue weighted by Crippen LogP contribution is -2.17. The fraction of sp³-hybridized carbons (Fsp3) is 0.833. The van der Waals surface area contributed by atoms with Crippen LogP contribution in [0.2, 0.25) is 12.6 Å². The van der Waals surface area contributed by atoms with Gasteiger partial charge in [0.15, 0.2) is 0 Å². The molecule has 0 aliphatic carbocycles. The number of thiocarbonyl (C=S) groups is 1. The Bertz CT molecular complexity index is 149. The smallest absolute Gasteiger partial charge is 0.422 e. The molecule has 72 valence electrons. The van der Waals surface area contributed by atoms with Gasteiger partial charge in [0.05, 0.1) is 13.7 Å². The molecule has 0 fully saturated rings. The third-order valence-electron chi connectivity index (χ3n) is 1.15. The molecule has 2 nitrogen and oxygen atoms in total. The molecule has 12 heavy (non-hydrogen) atoms. The van der Waals surface area contributed by atoms with E-state index in [1.54, 1.807) is 0 Å². The molecule has 0 saturated carbocycles. The summed E-state index contributed by atoms with van der Waals surface area (Å²) in [5.41, 5.74) is 0. The van der Waals surface area contributed by atoms with E-state index in [0.29, 0.717) is 6.42 Å². The summed E-state index contributed by atoms with van der Waals surface area (Å²) >= 11 is 4.54. The Labute approximate surface area is 77.2 Å². The Hall–Kier alpha value is -0.233. The van der Waals surface area contributed by atoms with Crippen molar-refractivity contribution in [3.05, 3.63) is 0 Å². The van der Waals surface area contributed by atoms with Gasteiger partial charge in [-0.3, -0.25) is 8.22 Å². The number of halogens is 2. The van der Waals surface area contributed by atoms with E-state index < -0.39 is 8.74 Å². The minimum atomic E-state index is -3.90. The van der Waals surface area contributed by atoms with Crippen LogP contribution >= 0.6 is 12.2 Å². The Morgan fingerprint density at radius 1 is 1.50 bits per heavy atom. The van der Waals surface area contributed by atoms with E-state index in [1.807, 2.05) is 0 Å². The van der Waals surface area contributed by atoms with Crippen LogP contribution in [0.1, 0.15) is 6.42 Å². The predicted octanol–water partition coefficient (Wildman–Crippen LogP) is 2.34. The molecule has 0 unspecified atom stereocenters.